The fourth-order valence-corrected chi connectivity index (χ4v) is 3.67. The van der Waals surface area contributed by atoms with Gasteiger partial charge in [0.2, 0.25) is 17.7 Å². The zero-order valence-corrected chi connectivity index (χ0v) is 18.4. The van der Waals surface area contributed by atoms with E-state index in [2.05, 4.69) is 10.6 Å². The quantitative estimate of drug-likeness (QED) is 0.540. The highest BCUT2D eigenvalue weighted by Crippen LogP contribution is 2.36. The zero-order valence-electron chi connectivity index (χ0n) is 18.4. The highest BCUT2D eigenvalue weighted by Gasteiger charge is 2.38. The Hall–Kier alpha value is -3.30. The van der Waals surface area contributed by atoms with Crippen LogP contribution in [-0.2, 0) is 19.2 Å². The third-order valence-electron chi connectivity index (χ3n) is 5.86. The third kappa shape index (κ3) is 5.12. The Bertz CT molecular complexity index is 904. The average Bonchev–Trinajstić information content (AvgIpc) is 3.17. The predicted octanol–water partition coefficient (Wildman–Crippen LogP) is 0.931. The van der Waals surface area contributed by atoms with Crippen LogP contribution >= 0.6 is 0 Å². The molecule has 1 aromatic rings. The van der Waals surface area contributed by atoms with Gasteiger partial charge in [0, 0.05) is 24.7 Å². The summed E-state index contributed by atoms with van der Waals surface area (Å²) in [6.45, 7) is 6.10. The molecule has 3 amide bonds. The Morgan fingerprint density at radius 2 is 1.84 bits per heavy atom. The molecule has 10 nitrogen and oxygen atoms in total. The maximum absolute atomic E-state index is 12.9. The first kappa shape index (κ1) is 23.4. The van der Waals surface area contributed by atoms with Gasteiger partial charge >= 0.3 is 5.97 Å². The van der Waals surface area contributed by atoms with E-state index in [4.69, 9.17) is 14.6 Å². The molecule has 0 spiro atoms. The number of ether oxygens (including phenoxy) is 2. The highest BCUT2D eigenvalue weighted by molar-refractivity contribution is 6.01. The number of carbonyl (C=O) groups is 4. The monoisotopic (exact) mass is 447 g/mol. The summed E-state index contributed by atoms with van der Waals surface area (Å²) in [4.78, 5) is 50.7. The number of anilines is 1. The number of amides is 3. The van der Waals surface area contributed by atoms with Crippen molar-refractivity contribution in [3.8, 4) is 11.5 Å². The number of fused-ring (bicyclic) bond motifs is 1. The van der Waals surface area contributed by atoms with Crippen molar-refractivity contribution in [3.63, 3.8) is 0 Å². The minimum absolute atomic E-state index is 0.0145. The van der Waals surface area contributed by atoms with E-state index in [9.17, 15) is 19.2 Å². The Kier molecular flexibility index (Phi) is 7.22. The summed E-state index contributed by atoms with van der Waals surface area (Å²) in [5, 5.41) is 14.2. The summed E-state index contributed by atoms with van der Waals surface area (Å²) in [5.41, 5.74) is 0.612. The predicted molar refractivity (Wildman–Crippen MR) is 115 cm³/mol. The van der Waals surface area contributed by atoms with Gasteiger partial charge in [-0.2, -0.15) is 0 Å². The van der Waals surface area contributed by atoms with E-state index < -0.39 is 35.8 Å². The van der Waals surface area contributed by atoms with Crippen LogP contribution < -0.4 is 25.0 Å². The van der Waals surface area contributed by atoms with E-state index in [-0.39, 0.29) is 24.8 Å². The molecule has 174 valence electrons. The lowest BCUT2D eigenvalue weighted by molar-refractivity contribution is -0.142. The number of aliphatic carboxylic acids is 1. The molecule has 0 aliphatic carbocycles. The molecule has 32 heavy (non-hydrogen) atoms. The first-order valence-electron chi connectivity index (χ1n) is 10.7. The van der Waals surface area contributed by atoms with Crippen molar-refractivity contribution in [3.05, 3.63) is 18.2 Å². The van der Waals surface area contributed by atoms with Crippen LogP contribution in [0.5, 0.6) is 11.5 Å². The summed E-state index contributed by atoms with van der Waals surface area (Å²) in [5.74, 6) is -2.03. The summed E-state index contributed by atoms with van der Waals surface area (Å²) in [6, 6.07) is 3.22. The molecule has 4 atom stereocenters. The Morgan fingerprint density at radius 1 is 1.16 bits per heavy atom. The molecule has 3 rings (SSSR count). The van der Waals surface area contributed by atoms with Crippen molar-refractivity contribution in [1.29, 1.82) is 0 Å². The molecule has 3 N–H and O–H groups in total. The molecular formula is C22H29N3O7. The second-order valence-corrected chi connectivity index (χ2v) is 8.17. The third-order valence-corrected chi connectivity index (χ3v) is 5.86. The number of hydrogen-bond acceptors (Lipinski definition) is 6. The molecule has 0 saturated carbocycles. The van der Waals surface area contributed by atoms with Crippen LogP contribution in [0.4, 0.5) is 5.69 Å². The number of nitrogens with one attached hydrogen (secondary N) is 2. The lowest BCUT2D eigenvalue weighted by atomic mass is 9.96. The van der Waals surface area contributed by atoms with Gasteiger partial charge in [0.05, 0.1) is 5.92 Å². The summed E-state index contributed by atoms with van der Waals surface area (Å²) in [7, 11) is 0. The van der Waals surface area contributed by atoms with E-state index in [1.807, 2.05) is 6.92 Å². The number of carbonyl (C=O) groups excluding carboxylic acids is 3. The number of carboxylic acids is 1. The lowest BCUT2D eigenvalue weighted by Crippen LogP contribution is -2.54. The van der Waals surface area contributed by atoms with E-state index in [0.717, 1.165) is 0 Å². The standard InChI is InChI=1S/C22H29N3O7/c1-4-12(2)19(21(28)23-13(3)22(29)30)24-20(27)14-9-18(26)25(11-14)15-5-6-16-17(10-15)32-8-7-31-16/h5-6,10,12-14,19H,4,7-9,11H2,1-3H3,(H,23,28)(H,24,27)(H,29,30)/t12?,13-,14?,19-/m0/s1. The lowest BCUT2D eigenvalue weighted by Gasteiger charge is -2.26. The zero-order chi connectivity index (χ0) is 23.4. The second kappa shape index (κ2) is 9.88. The van der Waals surface area contributed by atoms with E-state index >= 15 is 0 Å². The molecule has 10 heteroatoms. The first-order chi connectivity index (χ1) is 15.2. The second-order valence-electron chi connectivity index (χ2n) is 8.17. The number of hydrogen-bond donors (Lipinski definition) is 3. The van der Waals surface area contributed by atoms with Crippen LogP contribution in [0, 0.1) is 11.8 Å². The number of nitrogens with zero attached hydrogens (tertiary/aromatic N) is 1. The minimum atomic E-state index is -1.16. The minimum Gasteiger partial charge on any atom is -0.486 e. The Morgan fingerprint density at radius 3 is 2.50 bits per heavy atom. The number of carboxylic acid groups (broad SMARTS) is 1. The molecule has 1 saturated heterocycles. The fraction of sp³-hybridized carbons (Fsp3) is 0.545. The van der Waals surface area contributed by atoms with Crippen molar-refractivity contribution in [2.45, 2.75) is 45.7 Å². The topological polar surface area (TPSA) is 134 Å². The number of rotatable bonds is 8. The molecular weight excluding hydrogens is 418 g/mol. The highest BCUT2D eigenvalue weighted by atomic mass is 16.6. The van der Waals surface area contributed by atoms with E-state index in [0.29, 0.717) is 36.8 Å². The largest absolute Gasteiger partial charge is 0.486 e. The molecule has 2 aliphatic rings. The van der Waals surface area contributed by atoms with Crippen LogP contribution in [0.25, 0.3) is 0 Å². The summed E-state index contributed by atoms with van der Waals surface area (Å²) >= 11 is 0. The fourth-order valence-electron chi connectivity index (χ4n) is 3.67. The SMILES string of the molecule is CCC(C)[C@H](NC(=O)C1CC(=O)N(c2ccc3c(c2)OCCO3)C1)C(=O)N[C@@H](C)C(=O)O. The van der Waals surface area contributed by atoms with Gasteiger partial charge in [0.1, 0.15) is 25.3 Å². The molecule has 0 radical (unpaired) electrons. The van der Waals surface area contributed by atoms with Gasteiger partial charge < -0.3 is 30.1 Å². The van der Waals surface area contributed by atoms with Crippen molar-refractivity contribution in [2.75, 3.05) is 24.7 Å². The van der Waals surface area contributed by atoms with Gasteiger partial charge in [-0.05, 0) is 25.0 Å². The van der Waals surface area contributed by atoms with Crippen LogP contribution in [-0.4, -0.2) is 60.6 Å². The van der Waals surface area contributed by atoms with Gasteiger partial charge in [0.25, 0.3) is 0 Å². The average molecular weight is 447 g/mol. The van der Waals surface area contributed by atoms with E-state index in [1.54, 1.807) is 25.1 Å². The molecule has 2 unspecified atom stereocenters. The van der Waals surface area contributed by atoms with Crippen LogP contribution in [0.2, 0.25) is 0 Å². The maximum atomic E-state index is 12.9. The summed E-state index contributed by atoms with van der Waals surface area (Å²) < 4.78 is 11.1. The molecule has 0 aromatic heterocycles. The molecule has 1 aromatic carbocycles. The Balaban J connectivity index is 1.68. The first-order valence-corrected chi connectivity index (χ1v) is 10.7. The molecule has 2 heterocycles. The van der Waals surface area contributed by atoms with Crippen molar-refractivity contribution >= 4 is 29.4 Å². The van der Waals surface area contributed by atoms with Gasteiger partial charge in [0.15, 0.2) is 11.5 Å². The van der Waals surface area contributed by atoms with Crippen LogP contribution in [0.15, 0.2) is 18.2 Å². The van der Waals surface area contributed by atoms with Gasteiger partial charge in [-0.3, -0.25) is 19.2 Å². The normalized spacial score (nSPS) is 20.3. The smallest absolute Gasteiger partial charge is 0.325 e. The van der Waals surface area contributed by atoms with Crippen LogP contribution in [0.3, 0.4) is 0 Å². The van der Waals surface area contributed by atoms with E-state index in [1.165, 1.54) is 11.8 Å². The van der Waals surface area contributed by atoms with Gasteiger partial charge in [-0.15, -0.1) is 0 Å². The van der Waals surface area contributed by atoms with Crippen molar-refractivity contribution in [1.82, 2.24) is 10.6 Å². The molecule has 0 bridgehead atoms. The summed E-state index contributed by atoms with van der Waals surface area (Å²) in [6.07, 6.45) is 0.618. The molecule has 1 fully saturated rings. The van der Waals surface area contributed by atoms with Crippen molar-refractivity contribution < 1.29 is 33.8 Å². The number of benzene rings is 1. The Labute approximate surface area is 186 Å². The maximum Gasteiger partial charge on any atom is 0.325 e. The molecule has 2 aliphatic heterocycles. The van der Waals surface area contributed by atoms with Gasteiger partial charge in [-0.1, -0.05) is 20.3 Å². The van der Waals surface area contributed by atoms with Gasteiger partial charge in [-0.25, -0.2) is 0 Å². The van der Waals surface area contributed by atoms with Crippen molar-refractivity contribution in [2.24, 2.45) is 11.8 Å². The van der Waals surface area contributed by atoms with Crippen LogP contribution in [0.1, 0.15) is 33.6 Å².